The maximum absolute atomic E-state index is 12.7. The first kappa shape index (κ1) is 19.0. The van der Waals surface area contributed by atoms with Crippen molar-refractivity contribution in [3.8, 4) is 5.69 Å². The lowest BCUT2D eigenvalue weighted by Gasteiger charge is -2.31. The number of hydrogen-bond donors (Lipinski definition) is 1. The summed E-state index contributed by atoms with van der Waals surface area (Å²) in [5, 5.41) is 7.24. The fraction of sp³-hybridized carbons (Fsp3) is 0.273. The van der Waals surface area contributed by atoms with Crippen molar-refractivity contribution in [2.24, 2.45) is 0 Å². The van der Waals surface area contributed by atoms with Gasteiger partial charge in [-0.1, -0.05) is 23.7 Å². The Morgan fingerprint density at radius 2 is 2.10 bits per heavy atom. The SMILES string of the molecule is O=c1[nH]c(C2CCCN(Cc3ccc(Cl)cn3)C2)nn1-c1cccc2cnccc12. The van der Waals surface area contributed by atoms with Gasteiger partial charge in [-0.25, -0.2) is 4.79 Å². The number of H-pyrrole nitrogens is 1. The normalized spacial score (nSPS) is 17.4. The van der Waals surface area contributed by atoms with Crippen molar-refractivity contribution in [3.05, 3.63) is 82.0 Å². The Morgan fingerprint density at radius 1 is 1.17 bits per heavy atom. The predicted octanol–water partition coefficient (Wildman–Crippen LogP) is 3.54. The summed E-state index contributed by atoms with van der Waals surface area (Å²) in [6, 6.07) is 11.5. The van der Waals surface area contributed by atoms with Crippen LogP contribution in [0.4, 0.5) is 0 Å². The second-order valence-electron chi connectivity index (χ2n) is 7.64. The Bertz CT molecular complexity index is 1230. The maximum Gasteiger partial charge on any atom is 0.348 e. The van der Waals surface area contributed by atoms with Gasteiger partial charge in [-0.15, -0.1) is 5.10 Å². The van der Waals surface area contributed by atoms with E-state index in [2.05, 4.69) is 25.0 Å². The van der Waals surface area contributed by atoms with E-state index in [9.17, 15) is 4.79 Å². The van der Waals surface area contributed by atoms with Gasteiger partial charge < -0.3 is 0 Å². The Kier molecular flexibility index (Phi) is 5.06. The van der Waals surface area contributed by atoms with Crippen molar-refractivity contribution in [1.29, 1.82) is 0 Å². The molecule has 0 bridgehead atoms. The van der Waals surface area contributed by atoms with E-state index in [-0.39, 0.29) is 11.6 Å². The second kappa shape index (κ2) is 8.01. The predicted molar refractivity (Wildman–Crippen MR) is 116 cm³/mol. The van der Waals surface area contributed by atoms with Gasteiger partial charge in [0.2, 0.25) is 0 Å². The third-order valence-corrected chi connectivity index (χ3v) is 5.81. The summed E-state index contributed by atoms with van der Waals surface area (Å²) < 4.78 is 1.47. The van der Waals surface area contributed by atoms with E-state index >= 15 is 0 Å². The molecule has 0 spiro atoms. The maximum atomic E-state index is 12.7. The summed E-state index contributed by atoms with van der Waals surface area (Å²) in [4.78, 5) is 26.6. The lowest BCUT2D eigenvalue weighted by molar-refractivity contribution is 0.194. The Morgan fingerprint density at radius 3 is 2.97 bits per heavy atom. The van der Waals surface area contributed by atoms with Crippen LogP contribution in [0.5, 0.6) is 0 Å². The van der Waals surface area contributed by atoms with Gasteiger partial charge in [0.05, 0.1) is 16.4 Å². The van der Waals surface area contributed by atoms with Gasteiger partial charge in [0.1, 0.15) is 5.82 Å². The van der Waals surface area contributed by atoms with Crippen molar-refractivity contribution < 1.29 is 0 Å². The number of aromatic nitrogens is 5. The Hall–Kier alpha value is -3.03. The van der Waals surface area contributed by atoms with Gasteiger partial charge in [-0.2, -0.15) is 4.68 Å². The molecule has 0 aliphatic carbocycles. The van der Waals surface area contributed by atoms with E-state index < -0.39 is 0 Å². The van der Waals surface area contributed by atoms with Crippen LogP contribution >= 0.6 is 11.6 Å². The molecule has 1 saturated heterocycles. The molecule has 3 aromatic heterocycles. The molecule has 0 radical (unpaired) electrons. The zero-order chi connectivity index (χ0) is 20.5. The van der Waals surface area contributed by atoms with Crippen LogP contribution in [0, 0.1) is 0 Å². The van der Waals surface area contributed by atoms with Gasteiger partial charge in [0.15, 0.2) is 0 Å². The second-order valence-corrected chi connectivity index (χ2v) is 8.08. The number of likely N-dealkylation sites (tertiary alicyclic amines) is 1. The minimum Gasteiger partial charge on any atom is -0.297 e. The molecular formula is C22H21ClN6O. The summed E-state index contributed by atoms with van der Waals surface area (Å²) in [7, 11) is 0. The summed E-state index contributed by atoms with van der Waals surface area (Å²) in [6.45, 7) is 2.59. The van der Waals surface area contributed by atoms with Crippen LogP contribution in [0.15, 0.2) is 59.8 Å². The monoisotopic (exact) mass is 420 g/mol. The summed E-state index contributed by atoms with van der Waals surface area (Å²) in [5.41, 5.74) is 1.54. The molecule has 1 atom stereocenters. The van der Waals surface area contributed by atoms with Gasteiger partial charge in [-0.05, 0) is 43.7 Å². The number of nitrogens with zero attached hydrogens (tertiary/aromatic N) is 5. The minimum atomic E-state index is -0.217. The molecule has 5 rings (SSSR count). The molecule has 1 aromatic carbocycles. The van der Waals surface area contributed by atoms with Crippen molar-refractivity contribution >= 4 is 22.4 Å². The topological polar surface area (TPSA) is 79.7 Å². The van der Waals surface area contributed by atoms with E-state index in [1.54, 1.807) is 18.6 Å². The summed E-state index contributed by atoms with van der Waals surface area (Å²) in [6.07, 6.45) is 7.25. The molecule has 1 unspecified atom stereocenters. The fourth-order valence-corrected chi connectivity index (χ4v) is 4.24. The lowest BCUT2D eigenvalue weighted by atomic mass is 9.97. The quantitative estimate of drug-likeness (QED) is 0.546. The summed E-state index contributed by atoms with van der Waals surface area (Å²) in [5.74, 6) is 0.913. The van der Waals surface area contributed by atoms with Crippen LogP contribution in [0.1, 0.15) is 30.3 Å². The molecule has 1 aliphatic rings. The third kappa shape index (κ3) is 3.74. The molecule has 4 aromatic rings. The summed E-state index contributed by atoms with van der Waals surface area (Å²) >= 11 is 5.94. The van der Waals surface area contributed by atoms with Crippen LogP contribution < -0.4 is 5.69 Å². The third-order valence-electron chi connectivity index (χ3n) is 5.59. The zero-order valence-corrected chi connectivity index (χ0v) is 17.1. The first-order chi connectivity index (χ1) is 14.7. The molecule has 8 heteroatoms. The molecular weight excluding hydrogens is 400 g/mol. The van der Waals surface area contributed by atoms with E-state index in [0.29, 0.717) is 5.02 Å². The fourth-order valence-electron chi connectivity index (χ4n) is 4.13. The number of hydrogen-bond acceptors (Lipinski definition) is 5. The van der Waals surface area contributed by atoms with Crippen LogP contribution in [0.3, 0.4) is 0 Å². The zero-order valence-electron chi connectivity index (χ0n) is 16.3. The smallest absolute Gasteiger partial charge is 0.297 e. The van der Waals surface area contributed by atoms with Crippen molar-refractivity contribution in [2.75, 3.05) is 13.1 Å². The van der Waals surface area contributed by atoms with E-state index in [1.807, 2.05) is 36.4 Å². The van der Waals surface area contributed by atoms with Crippen molar-refractivity contribution in [1.82, 2.24) is 29.6 Å². The van der Waals surface area contributed by atoms with E-state index in [1.165, 1.54) is 4.68 Å². The number of nitrogens with one attached hydrogen (secondary N) is 1. The van der Waals surface area contributed by atoms with Crippen LogP contribution in [0.2, 0.25) is 5.02 Å². The van der Waals surface area contributed by atoms with Gasteiger partial charge in [0.25, 0.3) is 0 Å². The first-order valence-corrected chi connectivity index (χ1v) is 10.4. The molecule has 1 fully saturated rings. The largest absolute Gasteiger partial charge is 0.348 e. The van der Waals surface area contributed by atoms with Crippen molar-refractivity contribution in [3.63, 3.8) is 0 Å². The number of halogens is 1. The van der Waals surface area contributed by atoms with Crippen molar-refractivity contribution in [2.45, 2.75) is 25.3 Å². The number of rotatable bonds is 4. The average molecular weight is 421 g/mol. The van der Waals surface area contributed by atoms with Gasteiger partial charge in [-0.3, -0.25) is 19.9 Å². The number of pyridine rings is 2. The van der Waals surface area contributed by atoms with Gasteiger partial charge in [0, 0.05) is 48.4 Å². The lowest BCUT2D eigenvalue weighted by Crippen LogP contribution is -2.34. The number of aromatic amines is 1. The molecule has 0 saturated carbocycles. The van der Waals surface area contributed by atoms with Gasteiger partial charge >= 0.3 is 5.69 Å². The van der Waals surface area contributed by atoms with Crippen LogP contribution in [0.25, 0.3) is 16.5 Å². The molecule has 0 amide bonds. The first-order valence-electron chi connectivity index (χ1n) is 10.0. The highest BCUT2D eigenvalue weighted by molar-refractivity contribution is 6.30. The number of fused-ring (bicyclic) bond motifs is 1. The Balaban J connectivity index is 1.40. The van der Waals surface area contributed by atoms with Crippen LogP contribution in [-0.2, 0) is 6.54 Å². The van der Waals surface area contributed by atoms with Crippen LogP contribution in [-0.4, -0.2) is 42.7 Å². The highest BCUT2D eigenvalue weighted by atomic mass is 35.5. The van der Waals surface area contributed by atoms with E-state index in [0.717, 1.165) is 60.5 Å². The molecule has 30 heavy (non-hydrogen) atoms. The highest BCUT2D eigenvalue weighted by Gasteiger charge is 2.25. The Labute approximate surface area is 178 Å². The molecule has 1 aliphatic heterocycles. The molecule has 7 nitrogen and oxygen atoms in total. The minimum absolute atomic E-state index is 0.177. The highest BCUT2D eigenvalue weighted by Crippen LogP contribution is 2.26. The number of benzene rings is 1. The molecule has 4 heterocycles. The molecule has 1 N–H and O–H groups in total. The average Bonchev–Trinajstić information content (AvgIpc) is 3.17. The standard InChI is InChI=1S/C22H21ClN6O/c23-17-6-7-18(25-12-17)14-28-10-2-4-16(13-28)21-26-22(30)29(27-21)20-5-1-3-15-11-24-9-8-19(15)20/h1,3,5-9,11-12,16H,2,4,10,13-14H2,(H,26,27,30). The van der Waals surface area contributed by atoms with E-state index in [4.69, 9.17) is 11.6 Å². The number of piperidine rings is 1. The molecule has 152 valence electrons.